The van der Waals surface area contributed by atoms with Crippen molar-refractivity contribution in [3.05, 3.63) is 164 Å². The van der Waals surface area contributed by atoms with Crippen LogP contribution in [-0.4, -0.2) is 14.5 Å². The molecule has 0 atom stereocenters. The van der Waals surface area contributed by atoms with Crippen LogP contribution in [0.15, 0.2) is 168 Å². The van der Waals surface area contributed by atoms with Crippen molar-refractivity contribution in [2.24, 2.45) is 0 Å². The third kappa shape index (κ3) is 4.38. The number of rotatable bonds is 4. The number of hydrogen-bond acceptors (Lipinski definition) is 4. The second-order valence-electron chi connectivity index (χ2n) is 13.0. The number of benzene rings is 7. The van der Waals surface area contributed by atoms with Gasteiger partial charge in [0.1, 0.15) is 11.2 Å². The highest BCUT2D eigenvalue weighted by atomic mass is 32.1. The zero-order valence-corrected chi connectivity index (χ0v) is 28.1. The van der Waals surface area contributed by atoms with Crippen LogP contribution < -0.4 is 0 Å². The van der Waals surface area contributed by atoms with Crippen LogP contribution in [0.1, 0.15) is 0 Å². The van der Waals surface area contributed by atoms with Gasteiger partial charge in [0.15, 0.2) is 5.82 Å². The molecule has 0 unspecified atom stereocenters. The zero-order valence-electron chi connectivity index (χ0n) is 27.2. The Morgan fingerprint density at radius 2 is 1.16 bits per heavy atom. The van der Waals surface area contributed by atoms with Crippen molar-refractivity contribution in [2.75, 3.05) is 0 Å². The zero-order chi connectivity index (χ0) is 33.5. The molecule has 4 heterocycles. The molecule has 0 aliphatic heterocycles. The van der Waals surface area contributed by atoms with Gasteiger partial charge in [-0.3, -0.25) is 0 Å². The highest BCUT2D eigenvalue weighted by Crippen LogP contribution is 2.43. The van der Waals surface area contributed by atoms with Crippen molar-refractivity contribution in [3.63, 3.8) is 0 Å². The Bertz CT molecular complexity index is 3150. The lowest BCUT2D eigenvalue weighted by Crippen LogP contribution is -1.98. The standard InChI is InChI=1S/C46H27N3OS/c1-2-11-28(12-3-1)37-27-38(29-21-22-33-32-15-5-8-19-41(32)50-42(33)26-29)48-46(47-37)30-13-10-14-31(25-30)49-39-18-7-4-17-36(39)44-40(49)24-23-35-34-16-6-9-20-43(34)51-45(35)44/h1-27H. The molecule has 0 spiro atoms. The second kappa shape index (κ2) is 11.0. The topological polar surface area (TPSA) is 43.9 Å². The number of fused-ring (bicyclic) bond motifs is 10. The van der Waals surface area contributed by atoms with Crippen molar-refractivity contribution in [2.45, 2.75) is 0 Å². The van der Waals surface area contributed by atoms with Gasteiger partial charge in [-0.25, -0.2) is 9.97 Å². The van der Waals surface area contributed by atoms with E-state index in [0.717, 1.165) is 55.7 Å². The molecule has 0 fully saturated rings. The van der Waals surface area contributed by atoms with Crippen molar-refractivity contribution in [1.82, 2.24) is 14.5 Å². The van der Waals surface area contributed by atoms with Crippen molar-refractivity contribution in [3.8, 4) is 39.6 Å². The molecule has 0 saturated heterocycles. The van der Waals surface area contributed by atoms with Gasteiger partial charge in [-0.05, 0) is 54.6 Å². The first-order valence-electron chi connectivity index (χ1n) is 17.1. The molecule has 7 aromatic carbocycles. The average molecular weight is 670 g/mol. The number of furan rings is 1. The predicted octanol–water partition coefficient (Wildman–Crippen LogP) is 12.8. The summed E-state index contributed by atoms with van der Waals surface area (Å²) in [5.41, 5.74) is 9.84. The van der Waals surface area contributed by atoms with Crippen LogP contribution in [-0.2, 0) is 0 Å². The summed E-state index contributed by atoms with van der Waals surface area (Å²) in [4.78, 5) is 10.4. The van der Waals surface area contributed by atoms with Gasteiger partial charge in [0.05, 0.1) is 22.4 Å². The van der Waals surface area contributed by atoms with Gasteiger partial charge < -0.3 is 8.98 Å². The van der Waals surface area contributed by atoms with Crippen LogP contribution in [0.2, 0.25) is 0 Å². The fraction of sp³-hybridized carbons (Fsp3) is 0. The first-order chi connectivity index (χ1) is 25.3. The third-order valence-electron chi connectivity index (χ3n) is 10.0. The molecular weight excluding hydrogens is 643 g/mol. The van der Waals surface area contributed by atoms with Gasteiger partial charge in [-0.2, -0.15) is 0 Å². The minimum Gasteiger partial charge on any atom is -0.456 e. The van der Waals surface area contributed by atoms with Gasteiger partial charge in [-0.1, -0.05) is 109 Å². The van der Waals surface area contributed by atoms with E-state index in [2.05, 4.69) is 132 Å². The largest absolute Gasteiger partial charge is 0.456 e. The Morgan fingerprint density at radius 3 is 2.06 bits per heavy atom. The maximum atomic E-state index is 6.27. The van der Waals surface area contributed by atoms with Gasteiger partial charge in [-0.15, -0.1) is 11.3 Å². The molecule has 0 aliphatic carbocycles. The van der Waals surface area contributed by atoms with E-state index in [9.17, 15) is 0 Å². The quantitative estimate of drug-likeness (QED) is 0.187. The van der Waals surface area contributed by atoms with Gasteiger partial charge >= 0.3 is 0 Å². The summed E-state index contributed by atoms with van der Waals surface area (Å²) < 4.78 is 11.3. The maximum Gasteiger partial charge on any atom is 0.160 e. The smallest absolute Gasteiger partial charge is 0.160 e. The molecule has 5 heteroatoms. The summed E-state index contributed by atoms with van der Waals surface area (Å²) in [6.45, 7) is 0. The number of nitrogens with zero attached hydrogens (tertiary/aromatic N) is 3. The van der Waals surface area contributed by atoms with Crippen LogP contribution in [0.5, 0.6) is 0 Å². The molecular formula is C46H27N3OS. The van der Waals surface area contributed by atoms with Crippen molar-refractivity contribution < 1.29 is 4.42 Å². The Labute approximate surface area is 296 Å². The van der Waals surface area contributed by atoms with E-state index in [1.165, 1.54) is 42.0 Å². The van der Waals surface area contributed by atoms with Gasteiger partial charge in [0.2, 0.25) is 0 Å². The number of para-hydroxylation sites is 2. The van der Waals surface area contributed by atoms with E-state index in [1.807, 2.05) is 47.7 Å². The van der Waals surface area contributed by atoms with Crippen molar-refractivity contribution in [1.29, 1.82) is 0 Å². The molecule has 4 nitrogen and oxygen atoms in total. The number of hydrogen-bond donors (Lipinski definition) is 0. The molecule has 4 aromatic heterocycles. The molecule has 11 rings (SSSR count). The van der Waals surface area contributed by atoms with Gasteiger partial charge in [0.25, 0.3) is 0 Å². The molecule has 238 valence electrons. The molecule has 0 amide bonds. The maximum absolute atomic E-state index is 6.27. The third-order valence-corrected chi connectivity index (χ3v) is 11.2. The van der Waals surface area contributed by atoms with Crippen molar-refractivity contribution >= 4 is 75.3 Å². The summed E-state index contributed by atoms with van der Waals surface area (Å²) >= 11 is 1.88. The molecule has 11 aromatic rings. The van der Waals surface area contributed by atoms with E-state index in [-0.39, 0.29) is 0 Å². The van der Waals surface area contributed by atoms with Crippen LogP contribution in [0.25, 0.3) is 104 Å². The second-order valence-corrected chi connectivity index (χ2v) is 14.0. The first-order valence-corrected chi connectivity index (χ1v) is 17.9. The van der Waals surface area contributed by atoms with Gasteiger partial charge in [0, 0.05) is 64.1 Å². The normalized spacial score (nSPS) is 11.9. The summed E-state index contributed by atoms with van der Waals surface area (Å²) in [5, 5.41) is 7.37. The number of aromatic nitrogens is 3. The van der Waals surface area contributed by atoms with Crippen LogP contribution in [0.3, 0.4) is 0 Å². The SMILES string of the molecule is c1ccc(-c2cc(-c3ccc4c(c3)oc3ccccc34)nc(-c3cccc(-n4c5ccccc5c5c6sc7ccccc7c6ccc54)c3)n2)cc1. The Morgan fingerprint density at radius 1 is 0.451 bits per heavy atom. The molecule has 0 bridgehead atoms. The predicted molar refractivity (Wildman–Crippen MR) is 213 cm³/mol. The summed E-state index contributed by atoms with van der Waals surface area (Å²) in [7, 11) is 0. The monoisotopic (exact) mass is 669 g/mol. The fourth-order valence-corrected chi connectivity index (χ4v) is 8.92. The minimum absolute atomic E-state index is 0.672. The summed E-state index contributed by atoms with van der Waals surface area (Å²) in [6.07, 6.45) is 0. The van der Waals surface area contributed by atoms with E-state index in [1.54, 1.807) is 0 Å². The summed E-state index contributed by atoms with van der Waals surface area (Å²) in [5.74, 6) is 0.672. The Kier molecular flexibility index (Phi) is 6.09. The van der Waals surface area contributed by atoms with E-state index in [4.69, 9.17) is 14.4 Å². The Balaban J connectivity index is 1.11. The van der Waals surface area contributed by atoms with E-state index < -0.39 is 0 Å². The molecule has 0 saturated carbocycles. The van der Waals surface area contributed by atoms with Crippen LogP contribution in [0, 0.1) is 0 Å². The van der Waals surface area contributed by atoms with E-state index in [0.29, 0.717) is 5.82 Å². The van der Waals surface area contributed by atoms with Crippen LogP contribution in [0.4, 0.5) is 0 Å². The minimum atomic E-state index is 0.672. The highest BCUT2D eigenvalue weighted by molar-refractivity contribution is 7.26. The first kappa shape index (κ1) is 28.3. The fourth-order valence-electron chi connectivity index (χ4n) is 7.66. The molecule has 0 N–H and O–H groups in total. The lowest BCUT2D eigenvalue weighted by molar-refractivity contribution is 0.669. The molecule has 0 aliphatic rings. The number of thiophene rings is 1. The van der Waals surface area contributed by atoms with E-state index >= 15 is 0 Å². The lowest BCUT2D eigenvalue weighted by atomic mass is 10.0. The summed E-state index contributed by atoms with van der Waals surface area (Å²) in [6, 6.07) is 57.6. The highest BCUT2D eigenvalue weighted by Gasteiger charge is 2.19. The van der Waals surface area contributed by atoms with Crippen LogP contribution >= 0.6 is 11.3 Å². The lowest BCUT2D eigenvalue weighted by Gasteiger charge is -2.12. The molecule has 0 radical (unpaired) electrons. The molecule has 51 heavy (non-hydrogen) atoms. The Hall–Kier alpha value is -6.56. The average Bonchev–Trinajstić information content (AvgIpc) is 3.87.